The van der Waals surface area contributed by atoms with Gasteiger partial charge < -0.3 is 4.52 Å². The SMILES string of the molecule is Cc1ccccc1Cn1cnc2sc(-c3nc(-c4ccc(Cl)cc4)no3)c(C)c2c1=O. The van der Waals surface area contributed by atoms with E-state index in [1.807, 2.05) is 50.2 Å². The summed E-state index contributed by atoms with van der Waals surface area (Å²) < 4.78 is 7.15. The molecule has 8 heteroatoms. The zero-order chi connectivity index (χ0) is 21.5. The number of hydrogen-bond donors (Lipinski definition) is 0. The molecular weight excluding hydrogens is 432 g/mol. The molecule has 0 aliphatic heterocycles. The average molecular weight is 449 g/mol. The van der Waals surface area contributed by atoms with Gasteiger partial charge >= 0.3 is 0 Å². The minimum atomic E-state index is -0.0781. The first-order valence-corrected chi connectivity index (χ1v) is 10.8. The van der Waals surface area contributed by atoms with Gasteiger partial charge in [0.25, 0.3) is 11.4 Å². The van der Waals surface area contributed by atoms with Crippen molar-refractivity contribution in [1.82, 2.24) is 19.7 Å². The molecule has 154 valence electrons. The third-order valence-corrected chi connectivity index (χ3v) is 6.68. The Bertz CT molecular complexity index is 1470. The van der Waals surface area contributed by atoms with Crippen molar-refractivity contribution in [3.63, 3.8) is 0 Å². The second kappa shape index (κ2) is 7.76. The molecule has 0 spiro atoms. The van der Waals surface area contributed by atoms with Gasteiger partial charge in [-0.2, -0.15) is 4.98 Å². The quantitative estimate of drug-likeness (QED) is 0.363. The first kappa shape index (κ1) is 19.7. The minimum absolute atomic E-state index is 0.0781. The van der Waals surface area contributed by atoms with E-state index in [1.165, 1.54) is 11.3 Å². The zero-order valence-electron chi connectivity index (χ0n) is 16.8. The number of thiophene rings is 1. The van der Waals surface area contributed by atoms with Crippen LogP contribution in [0.4, 0.5) is 0 Å². The predicted molar refractivity (Wildman–Crippen MR) is 123 cm³/mol. The van der Waals surface area contributed by atoms with E-state index in [2.05, 4.69) is 15.1 Å². The number of aryl methyl sites for hydroxylation is 2. The molecule has 0 aliphatic rings. The molecule has 0 fully saturated rings. The summed E-state index contributed by atoms with van der Waals surface area (Å²) in [5.74, 6) is 0.837. The highest BCUT2D eigenvalue weighted by molar-refractivity contribution is 7.22. The van der Waals surface area contributed by atoms with Crippen LogP contribution in [0, 0.1) is 13.8 Å². The van der Waals surface area contributed by atoms with Crippen molar-refractivity contribution in [2.45, 2.75) is 20.4 Å². The first-order valence-electron chi connectivity index (χ1n) is 9.64. The summed E-state index contributed by atoms with van der Waals surface area (Å²) in [7, 11) is 0. The van der Waals surface area contributed by atoms with Crippen molar-refractivity contribution in [2.75, 3.05) is 0 Å². The summed E-state index contributed by atoms with van der Waals surface area (Å²) in [6.45, 7) is 4.40. The smallest absolute Gasteiger partial charge is 0.268 e. The molecule has 0 unspecified atom stereocenters. The molecule has 31 heavy (non-hydrogen) atoms. The van der Waals surface area contributed by atoms with Crippen molar-refractivity contribution in [3.05, 3.63) is 86.9 Å². The topological polar surface area (TPSA) is 73.8 Å². The first-order chi connectivity index (χ1) is 15.0. The highest BCUT2D eigenvalue weighted by atomic mass is 35.5. The highest BCUT2D eigenvalue weighted by Gasteiger charge is 2.20. The summed E-state index contributed by atoms with van der Waals surface area (Å²) in [6, 6.07) is 15.2. The van der Waals surface area contributed by atoms with Crippen LogP contribution in [0.15, 0.2) is 64.2 Å². The normalized spacial score (nSPS) is 11.3. The number of fused-ring (bicyclic) bond motifs is 1. The molecule has 3 heterocycles. The van der Waals surface area contributed by atoms with Gasteiger partial charge in [0.05, 0.1) is 23.1 Å². The van der Waals surface area contributed by atoms with Gasteiger partial charge in [-0.25, -0.2) is 4.98 Å². The molecule has 0 saturated heterocycles. The molecule has 0 amide bonds. The van der Waals surface area contributed by atoms with Crippen LogP contribution in [0.1, 0.15) is 16.7 Å². The molecule has 0 saturated carbocycles. The van der Waals surface area contributed by atoms with Crippen LogP contribution < -0.4 is 5.56 Å². The summed E-state index contributed by atoms with van der Waals surface area (Å²) in [6.07, 6.45) is 1.60. The van der Waals surface area contributed by atoms with E-state index in [1.54, 1.807) is 23.0 Å². The van der Waals surface area contributed by atoms with Crippen LogP contribution in [0.5, 0.6) is 0 Å². The lowest BCUT2D eigenvalue weighted by molar-refractivity contribution is 0.433. The van der Waals surface area contributed by atoms with Gasteiger partial charge in [-0.1, -0.05) is 41.0 Å². The fraction of sp³-hybridized carbons (Fsp3) is 0.130. The molecule has 5 rings (SSSR count). The second-order valence-electron chi connectivity index (χ2n) is 7.27. The number of halogens is 1. The molecule has 0 N–H and O–H groups in total. The molecule has 0 radical (unpaired) electrons. The third kappa shape index (κ3) is 3.56. The molecule has 0 aliphatic carbocycles. The van der Waals surface area contributed by atoms with Gasteiger partial charge in [-0.3, -0.25) is 9.36 Å². The van der Waals surface area contributed by atoms with E-state index in [-0.39, 0.29) is 5.56 Å². The van der Waals surface area contributed by atoms with E-state index < -0.39 is 0 Å². The van der Waals surface area contributed by atoms with Gasteiger partial charge in [0.15, 0.2) is 0 Å². The summed E-state index contributed by atoms with van der Waals surface area (Å²) in [5.41, 5.74) is 3.74. The Morgan fingerprint density at radius 2 is 1.87 bits per heavy atom. The fourth-order valence-electron chi connectivity index (χ4n) is 3.48. The average Bonchev–Trinajstić information content (AvgIpc) is 3.37. The van der Waals surface area contributed by atoms with Crippen LogP contribution in [0.25, 0.3) is 32.4 Å². The van der Waals surface area contributed by atoms with Crippen molar-refractivity contribution in [2.24, 2.45) is 0 Å². The van der Waals surface area contributed by atoms with E-state index >= 15 is 0 Å². The van der Waals surface area contributed by atoms with Crippen LogP contribution in [-0.2, 0) is 6.54 Å². The summed E-state index contributed by atoms with van der Waals surface area (Å²) in [5, 5.41) is 5.31. The van der Waals surface area contributed by atoms with E-state index in [9.17, 15) is 4.79 Å². The fourth-order valence-corrected chi connectivity index (χ4v) is 4.67. The number of nitrogens with zero attached hydrogens (tertiary/aromatic N) is 4. The molecular formula is C23H17ClN4O2S. The predicted octanol–water partition coefficient (Wildman–Crippen LogP) is 5.49. The van der Waals surface area contributed by atoms with Crippen LogP contribution in [0.2, 0.25) is 5.02 Å². The van der Waals surface area contributed by atoms with Crippen molar-refractivity contribution in [3.8, 4) is 22.2 Å². The standard InChI is InChI=1S/C23H17ClN4O2S/c1-13-5-3-4-6-16(13)11-28-12-25-22-18(23(28)29)14(2)19(31-22)21-26-20(27-30-21)15-7-9-17(24)10-8-15/h3-10,12H,11H2,1-2H3. The third-order valence-electron chi connectivity index (χ3n) is 5.24. The maximum Gasteiger partial charge on any atom is 0.268 e. The maximum atomic E-state index is 13.2. The van der Waals surface area contributed by atoms with E-state index in [4.69, 9.17) is 16.1 Å². The maximum absolute atomic E-state index is 13.2. The summed E-state index contributed by atoms with van der Waals surface area (Å²) in [4.78, 5) is 23.7. The Balaban J connectivity index is 1.55. The summed E-state index contributed by atoms with van der Waals surface area (Å²) >= 11 is 7.33. The van der Waals surface area contributed by atoms with Crippen molar-refractivity contribution < 1.29 is 4.52 Å². The lowest BCUT2D eigenvalue weighted by Crippen LogP contribution is -2.21. The Morgan fingerprint density at radius 1 is 1.10 bits per heavy atom. The number of hydrogen-bond acceptors (Lipinski definition) is 6. The highest BCUT2D eigenvalue weighted by Crippen LogP contribution is 2.35. The Hall–Kier alpha value is -3.29. The second-order valence-corrected chi connectivity index (χ2v) is 8.71. The van der Waals surface area contributed by atoms with Gasteiger partial charge in [-0.05, 0) is 54.8 Å². The van der Waals surface area contributed by atoms with Crippen LogP contribution >= 0.6 is 22.9 Å². The largest absolute Gasteiger partial charge is 0.333 e. The van der Waals surface area contributed by atoms with E-state index in [0.29, 0.717) is 33.5 Å². The molecule has 5 aromatic rings. The van der Waals surface area contributed by atoms with Crippen molar-refractivity contribution in [1.29, 1.82) is 0 Å². The van der Waals surface area contributed by atoms with Crippen LogP contribution in [0.3, 0.4) is 0 Å². The minimum Gasteiger partial charge on any atom is -0.333 e. The monoisotopic (exact) mass is 448 g/mol. The molecule has 0 bridgehead atoms. The number of rotatable bonds is 4. The molecule has 6 nitrogen and oxygen atoms in total. The van der Waals surface area contributed by atoms with Gasteiger partial charge in [-0.15, -0.1) is 11.3 Å². The zero-order valence-corrected chi connectivity index (χ0v) is 18.4. The Labute approximate surface area is 186 Å². The molecule has 0 atom stereocenters. The van der Waals surface area contributed by atoms with Crippen LogP contribution in [-0.4, -0.2) is 19.7 Å². The lowest BCUT2D eigenvalue weighted by Gasteiger charge is -2.08. The van der Waals surface area contributed by atoms with Crippen molar-refractivity contribution >= 4 is 33.2 Å². The number of benzene rings is 2. The number of aromatic nitrogens is 4. The molecule has 2 aromatic carbocycles. The van der Waals surface area contributed by atoms with Gasteiger partial charge in [0.2, 0.25) is 5.82 Å². The van der Waals surface area contributed by atoms with Gasteiger partial charge in [0, 0.05) is 10.6 Å². The van der Waals surface area contributed by atoms with E-state index in [0.717, 1.165) is 27.1 Å². The lowest BCUT2D eigenvalue weighted by atomic mass is 10.1. The van der Waals surface area contributed by atoms with Gasteiger partial charge in [0.1, 0.15) is 4.83 Å². The Kier molecular flexibility index (Phi) is 4.92. The Morgan fingerprint density at radius 3 is 2.65 bits per heavy atom. The molecule has 3 aromatic heterocycles.